The molecule has 2 aromatic rings. The summed E-state index contributed by atoms with van der Waals surface area (Å²) in [6.07, 6.45) is -0.0699. The molecule has 0 radical (unpaired) electrons. The van der Waals surface area contributed by atoms with Crippen molar-refractivity contribution in [3.8, 4) is 0 Å². The van der Waals surface area contributed by atoms with Gasteiger partial charge < -0.3 is 10.4 Å². The quantitative estimate of drug-likeness (QED) is 0.898. The van der Waals surface area contributed by atoms with Crippen molar-refractivity contribution >= 4 is 28.9 Å². The summed E-state index contributed by atoms with van der Waals surface area (Å²) in [4.78, 5) is 26.6. The molecule has 0 bridgehead atoms. The number of anilines is 1. The van der Waals surface area contributed by atoms with Crippen LogP contribution in [0.2, 0.25) is 0 Å². The van der Waals surface area contributed by atoms with Gasteiger partial charge in [0.25, 0.3) is 5.91 Å². The molecule has 0 aliphatic rings. The smallest absolute Gasteiger partial charge is 0.307 e. The number of aryl methyl sites for hydroxylation is 1. The van der Waals surface area contributed by atoms with Gasteiger partial charge in [-0.3, -0.25) is 9.59 Å². The molecular formula is C13H12N2O3S. The first kappa shape index (κ1) is 13.2. The van der Waals surface area contributed by atoms with E-state index in [0.717, 1.165) is 5.01 Å². The Balaban J connectivity index is 2.10. The van der Waals surface area contributed by atoms with Gasteiger partial charge in [-0.25, -0.2) is 4.98 Å². The first-order valence-electron chi connectivity index (χ1n) is 5.59. The van der Waals surface area contributed by atoms with E-state index in [1.165, 1.54) is 11.3 Å². The Bertz CT molecular complexity index is 622. The van der Waals surface area contributed by atoms with Crippen molar-refractivity contribution in [1.82, 2.24) is 4.98 Å². The predicted molar refractivity (Wildman–Crippen MR) is 72.6 cm³/mol. The highest BCUT2D eigenvalue weighted by atomic mass is 32.1. The zero-order valence-electron chi connectivity index (χ0n) is 10.2. The van der Waals surface area contributed by atoms with Crippen LogP contribution in [0.5, 0.6) is 0 Å². The number of hydrogen-bond acceptors (Lipinski definition) is 4. The highest BCUT2D eigenvalue weighted by molar-refractivity contribution is 7.09. The van der Waals surface area contributed by atoms with Gasteiger partial charge in [-0.1, -0.05) is 12.1 Å². The minimum atomic E-state index is -0.904. The Hall–Kier alpha value is -2.21. The number of amides is 1. The van der Waals surface area contributed by atoms with Crippen LogP contribution in [0.1, 0.15) is 21.1 Å². The van der Waals surface area contributed by atoms with Crippen LogP contribution in [0.4, 0.5) is 5.69 Å². The second-order valence-electron chi connectivity index (χ2n) is 3.98. The molecule has 0 saturated carbocycles. The Labute approximate surface area is 113 Å². The van der Waals surface area contributed by atoms with Crippen molar-refractivity contribution in [2.45, 2.75) is 13.3 Å². The second kappa shape index (κ2) is 5.62. The van der Waals surface area contributed by atoms with Crippen LogP contribution in [-0.4, -0.2) is 22.0 Å². The number of nitrogens with zero attached hydrogens (tertiary/aromatic N) is 1. The molecule has 1 heterocycles. The van der Waals surface area contributed by atoms with E-state index in [-0.39, 0.29) is 12.3 Å². The largest absolute Gasteiger partial charge is 0.481 e. The average molecular weight is 276 g/mol. The summed E-state index contributed by atoms with van der Waals surface area (Å²) in [5.74, 6) is -1.20. The van der Waals surface area contributed by atoms with Crippen molar-refractivity contribution in [3.63, 3.8) is 0 Å². The zero-order chi connectivity index (χ0) is 13.8. The van der Waals surface area contributed by atoms with Crippen molar-refractivity contribution in [2.24, 2.45) is 0 Å². The van der Waals surface area contributed by atoms with Crippen molar-refractivity contribution < 1.29 is 14.7 Å². The number of benzene rings is 1. The highest BCUT2D eigenvalue weighted by Crippen LogP contribution is 2.14. The van der Waals surface area contributed by atoms with E-state index < -0.39 is 5.97 Å². The fourth-order valence-electron chi connectivity index (χ4n) is 1.60. The summed E-state index contributed by atoms with van der Waals surface area (Å²) in [6, 6.07) is 6.77. The Kier molecular flexibility index (Phi) is 3.91. The van der Waals surface area contributed by atoms with E-state index in [4.69, 9.17) is 5.11 Å². The lowest BCUT2D eigenvalue weighted by atomic mass is 10.1. The average Bonchev–Trinajstić information content (AvgIpc) is 2.75. The first-order chi connectivity index (χ1) is 9.04. The number of nitrogens with one attached hydrogen (secondary N) is 1. The fraction of sp³-hybridized carbons (Fsp3) is 0.154. The molecule has 19 heavy (non-hydrogen) atoms. The standard InChI is InChI=1S/C13H12N2O3S/c1-8-14-11(7-19-8)13(18)15-10-4-2-3-9(5-10)6-12(16)17/h2-5,7H,6H2,1H3,(H,15,18)(H,16,17). The maximum absolute atomic E-state index is 11.9. The Morgan fingerprint density at radius 3 is 2.84 bits per heavy atom. The van der Waals surface area contributed by atoms with Gasteiger partial charge in [0, 0.05) is 11.1 Å². The molecule has 0 aliphatic carbocycles. The molecule has 2 rings (SSSR count). The summed E-state index contributed by atoms with van der Waals surface area (Å²) < 4.78 is 0. The van der Waals surface area contributed by atoms with E-state index in [9.17, 15) is 9.59 Å². The lowest BCUT2D eigenvalue weighted by molar-refractivity contribution is -0.136. The molecule has 1 aromatic carbocycles. The SMILES string of the molecule is Cc1nc(C(=O)Nc2cccc(CC(=O)O)c2)cs1. The number of carbonyl (C=O) groups excluding carboxylic acids is 1. The molecule has 0 unspecified atom stereocenters. The lowest BCUT2D eigenvalue weighted by Gasteiger charge is -2.05. The summed E-state index contributed by atoms with van der Waals surface area (Å²) >= 11 is 1.41. The molecule has 0 spiro atoms. The van der Waals surface area contributed by atoms with Crippen LogP contribution in [0.3, 0.4) is 0 Å². The maximum atomic E-state index is 11.9. The van der Waals surface area contributed by atoms with Gasteiger partial charge in [0.1, 0.15) is 5.69 Å². The molecule has 1 amide bonds. The van der Waals surface area contributed by atoms with Crippen molar-refractivity contribution in [1.29, 1.82) is 0 Å². The molecule has 0 saturated heterocycles. The van der Waals surface area contributed by atoms with Crippen LogP contribution >= 0.6 is 11.3 Å². The number of carboxylic acids is 1. The zero-order valence-corrected chi connectivity index (χ0v) is 11.0. The number of carboxylic acid groups (broad SMARTS) is 1. The monoisotopic (exact) mass is 276 g/mol. The van der Waals surface area contributed by atoms with Gasteiger partial charge >= 0.3 is 5.97 Å². The molecule has 5 nitrogen and oxygen atoms in total. The molecular weight excluding hydrogens is 264 g/mol. The van der Waals surface area contributed by atoms with E-state index in [1.807, 2.05) is 6.92 Å². The predicted octanol–water partition coefficient (Wildman–Crippen LogP) is 2.33. The highest BCUT2D eigenvalue weighted by Gasteiger charge is 2.10. The molecule has 1 aromatic heterocycles. The van der Waals surface area contributed by atoms with Gasteiger partial charge in [-0.2, -0.15) is 0 Å². The van der Waals surface area contributed by atoms with Crippen molar-refractivity contribution in [2.75, 3.05) is 5.32 Å². The molecule has 6 heteroatoms. The van der Waals surface area contributed by atoms with Crippen molar-refractivity contribution in [3.05, 3.63) is 45.9 Å². The summed E-state index contributed by atoms with van der Waals surface area (Å²) in [5.41, 5.74) is 1.57. The van der Waals surface area contributed by atoms with E-state index in [1.54, 1.807) is 29.6 Å². The van der Waals surface area contributed by atoms with Crippen LogP contribution in [0.15, 0.2) is 29.6 Å². The number of rotatable bonds is 4. The van der Waals surface area contributed by atoms with Gasteiger partial charge in [0.2, 0.25) is 0 Å². The van der Waals surface area contributed by atoms with Gasteiger partial charge in [0.05, 0.1) is 11.4 Å². The maximum Gasteiger partial charge on any atom is 0.307 e. The minimum Gasteiger partial charge on any atom is -0.481 e. The molecule has 0 aliphatic heterocycles. The van der Waals surface area contributed by atoms with Gasteiger partial charge in [-0.05, 0) is 24.6 Å². The third-order valence-electron chi connectivity index (χ3n) is 2.39. The molecule has 0 atom stereocenters. The lowest BCUT2D eigenvalue weighted by Crippen LogP contribution is -2.12. The van der Waals surface area contributed by atoms with Gasteiger partial charge in [-0.15, -0.1) is 11.3 Å². The van der Waals surface area contributed by atoms with E-state index in [2.05, 4.69) is 10.3 Å². The third-order valence-corrected chi connectivity index (χ3v) is 3.17. The number of carbonyl (C=O) groups is 2. The number of aromatic nitrogens is 1. The summed E-state index contributed by atoms with van der Waals surface area (Å²) in [6.45, 7) is 1.83. The first-order valence-corrected chi connectivity index (χ1v) is 6.47. The summed E-state index contributed by atoms with van der Waals surface area (Å²) in [5, 5.41) is 13.9. The number of hydrogen-bond donors (Lipinski definition) is 2. The van der Waals surface area contributed by atoms with Crippen LogP contribution in [-0.2, 0) is 11.2 Å². The van der Waals surface area contributed by atoms with E-state index in [0.29, 0.717) is 16.9 Å². The van der Waals surface area contributed by atoms with E-state index >= 15 is 0 Å². The van der Waals surface area contributed by atoms with Crippen LogP contribution in [0, 0.1) is 6.92 Å². The molecule has 98 valence electrons. The number of aliphatic carboxylic acids is 1. The van der Waals surface area contributed by atoms with Crippen LogP contribution < -0.4 is 5.32 Å². The Morgan fingerprint density at radius 1 is 1.42 bits per heavy atom. The normalized spacial score (nSPS) is 10.2. The minimum absolute atomic E-state index is 0.0699. The fourth-order valence-corrected chi connectivity index (χ4v) is 2.19. The molecule has 2 N–H and O–H groups in total. The third kappa shape index (κ3) is 3.62. The molecule has 0 fully saturated rings. The van der Waals surface area contributed by atoms with Gasteiger partial charge in [0.15, 0.2) is 0 Å². The van der Waals surface area contributed by atoms with Crippen LogP contribution in [0.25, 0.3) is 0 Å². The summed E-state index contributed by atoms with van der Waals surface area (Å²) in [7, 11) is 0. The second-order valence-corrected chi connectivity index (χ2v) is 5.04. The Morgan fingerprint density at radius 2 is 2.21 bits per heavy atom. The topological polar surface area (TPSA) is 79.3 Å². The number of thiazole rings is 1.